The maximum atomic E-state index is 10.7. The van der Waals surface area contributed by atoms with Crippen LogP contribution in [0.1, 0.15) is 44.0 Å². The Labute approximate surface area is 129 Å². The lowest BCUT2D eigenvalue weighted by Gasteiger charge is -2.24. The van der Waals surface area contributed by atoms with Gasteiger partial charge in [-0.05, 0) is 13.0 Å². The van der Waals surface area contributed by atoms with Gasteiger partial charge in [-0.2, -0.15) is 0 Å². The van der Waals surface area contributed by atoms with Crippen molar-refractivity contribution >= 4 is 22.9 Å². The number of rotatable bonds is 3. The van der Waals surface area contributed by atoms with Crippen molar-refractivity contribution in [3.8, 4) is 0 Å². The number of halogens is 1. The lowest BCUT2D eigenvalue weighted by atomic mass is 9.92. The minimum Gasteiger partial charge on any atom is -0.385 e. The van der Waals surface area contributed by atoms with Gasteiger partial charge >= 0.3 is 0 Å². The van der Waals surface area contributed by atoms with Crippen molar-refractivity contribution in [1.29, 1.82) is 0 Å². The molecule has 0 saturated heterocycles. The molecular weight excluding hydrogens is 290 g/mol. The third kappa shape index (κ3) is 3.40. The predicted octanol–water partition coefficient (Wildman–Crippen LogP) is 4.54. The molecule has 0 fully saturated rings. The van der Waals surface area contributed by atoms with Gasteiger partial charge in [-0.15, -0.1) is 11.3 Å². The largest absolute Gasteiger partial charge is 0.385 e. The van der Waals surface area contributed by atoms with Crippen molar-refractivity contribution in [2.24, 2.45) is 0 Å². The van der Waals surface area contributed by atoms with Crippen LogP contribution in [-0.2, 0) is 17.4 Å². The molecule has 108 valence electrons. The van der Waals surface area contributed by atoms with Gasteiger partial charge in [0.05, 0.1) is 16.3 Å². The van der Waals surface area contributed by atoms with E-state index >= 15 is 0 Å². The molecule has 1 aromatic carbocycles. The number of aromatic nitrogens is 1. The van der Waals surface area contributed by atoms with Crippen LogP contribution in [-0.4, -0.2) is 10.1 Å². The second kappa shape index (κ2) is 5.47. The van der Waals surface area contributed by atoms with Crippen LogP contribution < -0.4 is 0 Å². The third-order valence-corrected chi connectivity index (χ3v) is 4.45. The molecule has 2 aromatic rings. The Morgan fingerprint density at radius 2 is 1.85 bits per heavy atom. The Morgan fingerprint density at radius 3 is 2.40 bits per heavy atom. The van der Waals surface area contributed by atoms with Gasteiger partial charge in [0.1, 0.15) is 0 Å². The van der Waals surface area contributed by atoms with Crippen molar-refractivity contribution in [3.05, 3.63) is 50.9 Å². The topological polar surface area (TPSA) is 33.1 Å². The molecule has 1 unspecified atom stereocenters. The fourth-order valence-electron chi connectivity index (χ4n) is 2.02. The molecular formula is C16H20ClNOS. The summed E-state index contributed by atoms with van der Waals surface area (Å²) in [6, 6.07) is 7.41. The Balaban J connectivity index is 2.25. The molecule has 2 rings (SSSR count). The summed E-state index contributed by atoms with van der Waals surface area (Å²) in [4.78, 5) is 4.64. The molecule has 20 heavy (non-hydrogen) atoms. The zero-order valence-electron chi connectivity index (χ0n) is 12.3. The van der Waals surface area contributed by atoms with Crippen molar-refractivity contribution < 1.29 is 5.11 Å². The Kier molecular flexibility index (Phi) is 4.24. The van der Waals surface area contributed by atoms with Crippen LogP contribution in [0.4, 0.5) is 0 Å². The summed E-state index contributed by atoms with van der Waals surface area (Å²) in [5.74, 6) is 0. The van der Waals surface area contributed by atoms with Crippen LogP contribution in [0.15, 0.2) is 29.6 Å². The standard InChI is InChI=1S/C16H20ClNOS/c1-15(2,3)13-10-20-14(18-13)9-16(4,19)11-7-5-6-8-12(11)17/h5-8,10,19H,9H2,1-4H3. The quantitative estimate of drug-likeness (QED) is 0.902. The van der Waals surface area contributed by atoms with E-state index in [1.54, 1.807) is 24.3 Å². The molecule has 0 aliphatic rings. The molecule has 1 N–H and O–H groups in total. The molecule has 0 spiro atoms. The van der Waals surface area contributed by atoms with E-state index in [2.05, 4.69) is 31.1 Å². The Hall–Kier alpha value is -0.900. The molecule has 0 amide bonds. The highest BCUT2D eigenvalue weighted by molar-refractivity contribution is 7.09. The van der Waals surface area contributed by atoms with Crippen molar-refractivity contribution in [2.75, 3.05) is 0 Å². The van der Waals surface area contributed by atoms with Crippen molar-refractivity contribution in [2.45, 2.75) is 45.1 Å². The first-order valence-electron chi connectivity index (χ1n) is 6.62. The summed E-state index contributed by atoms with van der Waals surface area (Å²) < 4.78 is 0. The highest BCUT2D eigenvalue weighted by Gasteiger charge is 2.28. The van der Waals surface area contributed by atoms with E-state index in [1.807, 2.05) is 18.2 Å². The van der Waals surface area contributed by atoms with Crippen LogP contribution in [0, 0.1) is 0 Å². The van der Waals surface area contributed by atoms with E-state index in [9.17, 15) is 5.11 Å². The first kappa shape index (κ1) is 15.5. The first-order chi connectivity index (χ1) is 9.20. The fourth-order valence-corrected chi connectivity index (χ4v) is 3.53. The fraction of sp³-hybridized carbons (Fsp3) is 0.438. The molecule has 0 aliphatic carbocycles. The molecule has 1 aromatic heterocycles. The molecule has 0 saturated carbocycles. The first-order valence-corrected chi connectivity index (χ1v) is 7.88. The van der Waals surface area contributed by atoms with Gasteiger partial charge in [-0.3, -0.25) is 0 Å². The summed E-state index contributed by atoms with van der Waals surface area (Å²) in [5, 5.41) is 14.3. The smallest absolute Gasteiger partial charge is 0.0960 e. The number of benzene rings is 1. The second-order valence-corrected chi connectivity index (χ2v) is 7.66. The van der Waals surface area contributed by atoms with Gasteiger partial charge in [0.2, 0.25) is 0 Å². The Morgan fingerprint density at radius 1 is 1.20 bits per heavy atom. The molecule has 0 bridgehead atoms. The average molecular weight is 310 g/mol. The minimum absolute atomic E-state index is 0.0327. The van der Waals surface area contributed by atoms with E-state index in [0.29, 0.717) is 11.4 Å². The maximum absolute atomic E-state index is 10.7. The summed E-state index contributed by atoms with van der Waals surface area (Å²) in [6.45, 7) is 8.19. The number of hydrogen-bond donors (Lipinski definition) is 1. The van der Waals surface area contributed by atoms with Gasteiger partial charge in [0.15, 0.2) is 0 Å². The molecule has 0 aliphatic heterocycles. The van der Waals surface area contributed by atoms with Crippen molar-refractivity contribution in [1.82, 2.24) is 4.98 Å². The molecule has 1 heterocycles. The monoisotopic (exact) mass is 309 g/mol. The highest BCUT2D eigenvalue weighted by Crippen LogP contribution is 2.33. The van der Waals surface area contributed by atoms with Gasteiger partial charge in [0, 0.05) is 27.8 Å². The predicted molar refractivity (Wildman–Crippen MR) is 85.5 cm³/mol. The second-order valence-electron chi connectivity index (χ2n) is 6.31. The van der Waals surface area contributed by atoms with Crippen LogP contribution in [0.5, 0.6) is 0 Å². The van der Waals surface area contributed by atoms with E-state index in [-0.39, 0.29) is 5.41 Å². The van der Waals surface area contributed by atoms with Crippen LogP contribution >= 0.6 is 22.9 Å². The Bertz CT molecular complexity index is 599. The number of thiazole rings is 1. The van der Waals surface area contributed by atoms with Gasteiger partial charge in [0.25, 0.3) is 0 Å². The lowest BCUT2D eigenvalue weighted by Crippen LogP contribution is -2.25. The molecule has 0 radical (unpaired) electrons. The highest BCUT2D eigenvalue weighted by atomic mass is 35.5. The van der Waals surface area contributed by atoms with E-state index in [4.69, 9.17) is 11.6 Å². The maximum Gasteiger partial charge on any atom is 0.0960 e. The SMILES string of the molecule is CC(C)(C)c1csc(CC(C)(O)c2ccccc2Cl)n1. The lowest BCUT2D eigenvalue weighted by molar-refractivity contribution is 0.0576. The van der Waals surface area contributed by atoms with Gasteiger partial charge in [-0.1, -0.05) is 50.6 Å². The van der Waals surface area contributed by atoms with Crippen LogP contribution in [0.3, 0.4) is 0 Å². The number of nitrogens with zero attached hydrogens (tertiary/aromatic N) is 1. The molecule has 1 atom stereocenters. The average Bonchev–Trinajstić information content (AvgIpc) is 2.76. The molecule has 4 heteroatoms. The summed E-state index contributed by atoms with van der Waals surface area (Å²) in [7, 11) is 0. The van der Waals surface area contributed by atoms with E-state index in [1.165, 1.54) is 0 Å². The third-order valence-electron chi connectivity index (χ3n) is 3.27. The summed E-state index contributed by atoms with van der Waals surface area (Å²) >= 11 is 7.77. The minimum atomic E-state index is -1.01. The van der Waals surface area contributed by atoms with E-state index < -0.39 is 5.60 Å². The number of hydrogen-bond acceptors (Lipinski definition) is 3. The normalized spacial score (nSPS) is 15.1. The zero-order valence-corrected chi connectivity index (χ0v) is 13.8. The number of aliphatic hydroxyl groups is 1. The van der Waals surface area contributed by atoms with Gasteiger partial charge < -0.3 is 5.11 Å². The van der Waals surface area contributed by atoms with Crippen LogP contribution in [0.25, 0.3) is 0 Å². The summed E-state index contributed by atoms with van der Waals surface area (Å²) in [5.41, 5.74) is 0.831. The van der Waals surface area contributed by atoms with Crippen molar-refractivity contribution in [3.63, 3.8) is 0 Å². The summed E-state index contributed by atoms with van der Waals surface area (Å²) in [6.07, 6.45) is 0.470. The zero-order chi connectivity index (χ0) is 15.0. The molecule has 2 nitrogen and oxygen atoms in total. The van der Waals surface area contributed by atoms with Crippen LogP contribution in [0.2, 0.25) is 5.02 Å². The van der Waals surface area contributed by atoms with Gasteiger partial charge in [-0.25, -0.2) is 4.98 Å². The van der Waals surface area contributed by atoms with E-state index in [0.717, 1.165) is 16.3 Å².